The first-order valence-electron chi connectivity index (χ1n) is 5.07. The quantitative estimate of drug-likeness (QED) is 0.429. The Balaban J connectivity index is 2.26. The molecule has 0 saturated heterocycles. The van der Waals surface area contributed by atoms with Gasteiger partial charge in [0.05, 0.1) is 4.47 Å². The first-order chi connectivity index (χ1) is 8.60. The van der Waals surface area contributed by atoms with Crippen LogP contribution in [0.15, 0.2) is 49.8 Å². The summed E-state index contributed by atoms with van der Waals surface area (Å²) in [5.74, 6) is 1.59. The number of benzene rings is 2. The van der Waals surface area contributed by atoms with Crippen LogP contribution < -0.4 is 4.74 Å². The van der Waals surface area contributed by atoms with E-state index in [-0.39, 0.29) is 0 Å². The molecule has 0 aliphatic carbocycles. The van der Waals surface area contributed by atoms with Crippen molar-refractivity contribution in [3.8, 4) is 11.5 Å². The van der Waals surface area contributed by atoms with E-state index in [1.165, 1.54) is 5.56 Å². The van der Waals surface area contributed by atoms with Crippen molar-refractivity contribution in [2.24, 2.45) is 0 Å². The van der Waals surface area contributed by atoms with Crippen LogP contribution in [-0.2, 0) is 5.33 Å². The lowest BCUT2D eigenvalue weighted by atomic mass is 10.2. The molecule has 2 rings (SSSR count). The molecule has 94 valence electrons. The minimum atomic E-state index is 0.789. The maximum atomic E-state index is 5.83. The van der Waals surface area contributed by atoms with Crippen molar-refractivity contribution in [3.05, 3.63) is 55.4 Å². The fourth-order valence-corrected chi connectivity index (χ4v) is 3.88. The summed E-state index contributed by atoms with van der Waals surface area (Å²) in [5, 5.41) is 0.815. The van der Waals surface area contributed by atoms with E-state index in [0.29, 0.717) is 0 Å². The highest BCUT2D eigenvalue weighted by atomic mass is 79.9. The summed E-state index contributed by atoms with van der Waals surface area (Å²) in [6.07, 6.45) is 0. The van der Waals surface area contributed by atoms with Crippen molar-refractivity contribution in [2.75, 3.05) is 0 Å². The Labute approximate surface area is 139 Å². The van der Waals surface area contributed by atoms with E-state index in [0.717, 1.165) is 30.2 Å². The van der Waals surface area contributed by atoms with Gasteiger partial charge in [0.25, 0.3) is 0 Å². The van der Waals surface area contributed by atoms with Crippen LogP contribution in [0.4, 0.5) is 0 Å². The molecule has 0 unspecified atom stereocenters. The third kappa shape index (κ3) is 3.59. The fourth-order valence-electron chi connectivity index (χ4n) is 1.38. The first kappa shape index (κ1) is 14.6. The molecular formula is C13H8Br4O. The molecule has 0 aliphatic rings. The zero-order chi connectivity index (χ0) is 13.1. The molecule has 0 saturated carbocycles. The van der Waals surface area contributed by atoms with Crippen molar-refractivity contribution in [1.82, 2.24) is 0 Å². The Morgan fingerprint density at radius 1 is 0.889 bits per heavy atom. The van der Waals surface area contributed by atoms with Gasteiger partial charge in [-0.15, -0.1) is 0 Å². The van der Waals surface area contributed by atoms with Crippen LogP contribution in [0.2, 0.25) is 0 Å². The van der Waals surface area contributed by atoms with Gasteiger partial charge in [0.1, 0.15) is 11.5 Å². The number of rotatable bonds is 3. The van der Waals surface area contributed by atoms with Gasteiger partial charge < -0.3 is 4.74 Å². The van der Waals surface area contributed by atoms with Gasteiger partial charge in [0, 0.05) is 14.3 Å². The molecule has 1 nitrogen and oxygen atoms in total. The zero-order valence-electron chi connectivity index (χ0n) is 9.09. The van der Waals surface area contributed by atoms with E-state index in [4.69, 9.17) is 4.74 Å². The summed E-state index contributed by atoms with van der Waals surface area (Å²) in [5.41, 5.74) is 1.19. The van der Waals surface area contributed by atoms with Crippen LogP contribution in [0.25, 0.3) is 0 Å². The summed E-state index contributed by atoms with van der Waals surface area (Å²) < 4.78 is 8.79. The smallest absolute Gasteiger partial charge is 0.141 e. The second kappa shape index (κ2) is 6.55. The summed E-state index contributed by atoms with van der Waals surface area (Å²) >= 11 is 13.8. The molecule has 0 N–H and O–H groups in total. The van der Waals surface area contributed by atoms with E-state index < -0.39 is 0 Å². The Morgan fingerprint density at radius 3 is 2.28 bits per heavy atom. The molecule has 0 fully saturated rings. The predicted molar refractivity (Wildman–Crippen MR) is 88.7 cm³/mol. The van der Waals surface area contributed by atoms with Crippen LogP contribution in [0, 0.1) is 0 Å². The van der Waals surface area contributed by atoms with Crippen LogP contribution in [0.5, 0.6) is 11.5 Å². The van der Waals surface area contributed by atoms with Crippen LogP contribution >= 0.6 is 63.7 Å². The average molecular weight is 500 g/mol. The number of ether oxygens (including phenoxy) is 1. The fraction of sp³-hybridized carbons (Fsp3) is 0.0769. The third-order valence-electron chi connectivity index (χ3n) is 2.29. The molecule has 0 aliphatic heterocycles. The molecule has 18 heavy (non-hydrogen) atoms. The van der Waals surface area contributed by atoms with E-state index in [9.17, 15) is 0 Å². The highest BCUT2D eigenvalue weighted by Gasteiger charge is 2.05. The average Bonchev–Trinajstić information content (AvgIpc) is 2.33. The zero-order valence-corrected chi connectivity index (χ0v) is 15.4. The van der Waals surface area contributed by atoms with Crippen molar-refractivity contribution < 1.29 is 4.74 Å². The highest BCUT2D eigenvalue weighted by Crippen LogP contribution is 2.33. The molecule has 0 spiro atoms. The van der Waals surface area contributed by atoms with Crippen molar-refractivity contribution in [3.63, 3.8) is 0 Å². The Kier molecular flexibility index (Phi) is 5.30. The summed E-state index contributed by atoms with van der Waals surface area (Å²) in [6.45, 7) is 0. The molecule has 2 aromatic carbocycles. The summed E-state index contributed by atoms with van der Waals surface area (Å²) in [7, 11) is 0. The molecular weight excluding hydrogens is 492 g/mol. The van der Waals surface area contributed by atoms with Crippen LogP contribution in [-0.4, -0.2) is 0 Å². The van der Waals surface area contributed by atoms with Crippen molar-refractivity contribution in [2.45, 2.75) is 5.33 Å². The molecule has 0 heterocycles. The highest BCUT2D eigenvalue weighted by molar-refractivity contribution is 9.11. The van der Waals surface area contributed by atoms with E-state index in [1.54, 1.807) is 0 Å². The number of halogens is 4. The maximum Gasteiger partial charge on any atom is 0.141 e. The monoisotopic (exact) mass is 496 g/mol. The van der Waals surface area contributed by atoms with Gasteiger partial charge in [-0.2, -0.15) is 0 Å². The van der Waals surface area contributed by atoms with Gasteiger partial charge in [-0.05, 0) is 51.8 Å². The van der Waals surface area contributed by atoms with Crippen LogP contribution in [0.3, 0.4) is 0 Å². The second-order valence-electron chi connectivity index (χ2n) is 3.56. The van der Waals surface area contributed by atoms with Gasteiger partial charge in [0.15, 0.2) is 0 Å². The maximum absolute atomic E-state index is 5.83. The van der Waals surface area contributed by atoms with Crippen LogP contribution in [0.1, 0.15) is 5.56 Å². The molecule has 0 amide bonds. The number of alkyl halides is 1. The molecule has 2 aromatic rings. The molecule has 0 bridgehead atoms. The summed E-state index contributed by atoms with van der Waals surface area (Å²) in [6, 6.07) is 11.8. The van der Waals surface area contributed by atoms with Gasteiger partial charge in [-0.25, -0.2) is 0 Å². The van der Waals surface area contributed by atoms with Crippen molar-refractivity contribution in [1.29, 1.82) is 0 Å². The molecule has 0 radical (unpaired) electrons. The van der Waals surface area contributed by atoms with Gasteiger partial charge in [-0.3, -0.25) is 0 Å². The normalized spacial score (nSPS) is 10.4. The standard InChI is InChI=1S/C13H8Br4O/c14-7-8-1-3-10(6-11(8)16)18-13-4-2-9(15)5-12(13)17/h1-6H,7H2. The van der Waals surface area contributed by atoms with Gasteiger partial charge >= 0.3 is 0 Å². The molecule has 0 atom stereocenters. The lowest BCUT2D eigenvalue weighted by molar-refractivity contribution is 0.479. The largest absolute Gasteiger partial charge is 0.456 e. The van der Waals surface area contributed by atoms with Crippen molar-refractivity contribution >= 4 is 63.7 Å². The number of hydrogen-bond acceptors (Lipinski definition) is 1. The minimum absolute atomic E-state index is 0.789. The number of hydrogen-bond donors (Lipinski definition) is 0. The topological polar surface area (TPSA) is 9.23 Å². The third-order valence-corrected chi connectivity index (χ3v) is 4.75. The SMILES string of the molecule is BrCc1ccc(Oc2ccc(Br)cc2Br)cc1Br. The lowest BCUT2D eigenvalue weighted by Gasteiger charge is -2.09. The summed E-state index contributed by atoms with van der Waals surface area (Å²) in [4.78, 5) is 0. The second-order valence-corrected chi connectivity index (χ2v) is 6.75. The van der Waals surface area contributed by atoms with E-state index in [1.807, 2.05) is 36.4 Å². The lowest BCUT2D eigenvalue weighted by Crippen LogP contribution is -1.87. The molecule has 5 heteroatoms. The van der Waals surface area contributed by atoms with Gasteiger partial charge in [-0.1, -0.05) is 53.9 Å². The Hall–Kier alpha value is 0.160. The first-order valence-corrected chi connectivity index (χ1v) is 8.57. The molecule has 0 aromatic heterocycles. The van der Waals surface area contributed by atoms with Gasteiger partial charge in [0.2, 0.25) is 0 Å². The van der Waals surface area contributed by atoms with E-state index in [2.05, 4.69) is 63.7 Å². The predicted octanol–water partition coefficient (Wildman–Crippen LogP) is 6.66. The Bertz CT molecular complexity index is 569. The Morgan fingerprint density at radius 2 is 1.67 bits per heavy atom. The minimum Gasteiger partial charge on any atom is -0.456 e. The van der Waals surface area contributed by atoms with E-state index >= 15 is 0 Å².